The Morgan fingerprint density at radius 2 is 1.86 bits per heavy atom. The fraction of sp³-hybridized carbons (Fsp3) is 0.381. The SMILES string of the molecule is CCN(CCO)CCCNc1c2ccc(Cl)cc2nc2ccc(OC)cc12.Cl.Cl. The van der Waals surface area contributed by atoms with Crippen molar-refractivity contribution in [2.24, 2.45) is 0 Å². The Kier molecular flexibility index (Phi) is 10.8. The van der Waals surface area contributed by atoms with Crippen LogP contribution >= 0.6 is 36.4 Å². The largest absolute Gasteiger partial charge is 0.497 e. The number of fused-ring (bicyclic) bond motifs is 2. The van der Waals surface area contributed by atoms with E-state index in [0.29, 0.717) is 11.6 Å². The van der Waals surface area contributed by atoms with Crippen molar-refractivity contribution in [1.29, 1.82) is 0 Å². The zero-order valence-electron chi connectivity index (χ0n) is 16.7. The lowest BCUT2D eigenvalue weighted by molar-refractivity contribution is 0.202. The van der Waals surface area contributed by atoms with Crippen LogP contribution in [0.25, 0.3) is 21.8 Å². The van der Waals surface area contributed by atoms with Gasteiger partial charge < -0.3 is 20.1 Å². The van der Waals surface area contributed by atoms with E-state index in [0.717, 1.165) is 59.3 Å². The molecule has 160 valence electrons. The van der Waals surface area contributed by atoms with E-state index in [1.165, 1.54) is 0 Å². The molecule has 3 aromatic rings. The van der Waals surface area contributed by atoms with Crippen molar-refractivity contribution >= 4 is 63.9 Å². The second-order valence-electron chi connectivity index (χ2n) is 6.47. The molecule has 0 bridgehead atoms. The summed E-state index contributed by atoms with van der Waals surface area (Å²) in [5.74, 6) is 0.806. The summed E-state index contributed by atoms with van der Waals surface area (Å²) in [5, 5.41) is 15.5. The van der Waals surface area contributed by atoms with Crippen LogP contribution in [0.1, 0.15) is 13.3 Å². The highest BCUT2D eigenvalue weighted by Crippen LogP contribution is 2.34. The molecular formula is C21H28Cl3N3O2. The van der Waals surface area contributed by atoms with Gasteiger partial charge in [0, 0.05) is 28.9 Å². The molecule has 0 spiro atoms. The topological polar surface area (TPSA) is 57.6 Å². The lowest BCUT2D eigenvalue weighted by Gasteiger charge is -2.19. The van der Waals surface area contributed by atoms with Crippen molar-refractivity contribution in [2.45, 2.75) is 13.3 Å². The number of halogens is 3. The van der Waals surface area contributed by atoms with Gasteiger partial charge in [0.15, 0.2) is 0 Å². The molecular weight excluding hydrogens is 433 g/mol. The van der Waals surface area contributed by atoms with Crippen LogP contribution in [0, 0.1) is 0 Å². The van der Waals surface area contributed by atoms with Gasteiger partial charge in [-0.15, -0.1) is 24.8 Å². The minimum atomic E-state index is 0. The molecule has 1 heterocycles. The normalized spacial score (nSPS) is 10.7. The summed E-state index contributed by atoms with van der Waals surface area (Å²) < 4.78 is 5.40. The number of nitrogens with zero attached hydrogens (tertiary/aromatic N) is 2. The number of likely N-dealkylation sites (N-methyl/N-ethyl adjacent to an activating group) is 1. The Bertz CT molecular complexity index is 924. The van der Waals surface area contributed by atoms with Crippen molar-refractivity contribution in [1.82, 2.24) is 9.88 Å². The van der Waals surface area contributed by atoms with Crippen molar-refractivity contribution in [3.63, 3.8) is 0 Å². The Balaban J connectivity index is 0.00000210. The number of aliphatic hydroxyl groups is 1. The number of hydrogen-bond donors (Lipinski definition) is 2. The maximum atomic E-state index is 9.12. The summed E-state index contributed by atoms with van der Waals surface area (Å²) in [6.45, 7) is 5.74. The molecule has 0 aliphatic carbocycles. The molecule has 0 radical (unpaired) electrons. The van der Waals surface area contributed by atoms with E-state index in [1.54, 1.807) is 7.11 Å². The summed E-state index contributed by atoms with van der Waals surface area (Å²) in [4.78, 5) is 7.00. The molecule has 2 aromatic carbocycles. The zero-order chi connectivity index (χ0) is 19.2. The molecule has 3 rings (SSSR count). The van der Waals surface area contributed by atoms with Gasteiger partial charge in [0.1, 0.15) is 5.75 Å². The first-order valence-corrected chi connectivity index (χ1v) is 9.68. The fourth-order valence-electron chi connectivity index (χ4n) is 3.30. The van der Waals surface area contributed by atoms with Gasteiger partial charge in [-0.05, 0) is 55.9 Å². The first kappa shape index (κ1) is 25.5. The predicted octanol–water partition coefficient (Wildman–Crippen LogP) is 5.01. The van der Waals surface area contributed by atoms with Gasteiger partial charge in [0.05, 0.1) is 30.4 Å². The van der Waals surface area contributed by atoms with E-state index >= 15 is 0 Å². The maximum Gasteiger partial charge on any atom is 0.119 e. The number of rotatable bonds is 9. The van der Waals surface area contributed by atoms with E-state index < -0.39 is 0 Å². The van der Waals surface area contributed by atoms with Crippen LogP contribution in [0.15, 0.2) is 36.4 Å². The average Bonchev–Trinajstić information content (AvgIpc) is 2.68. The number of aromatic nitrogens is 1. The molecule has 0 saturated heterocycles. The van der Waals surface area contributed by atoms with Crippen molar-refractivity contribution in [3.05, 3.63) is 41.4 Å². The van der Waals surface area contributed by atoms with Gasteiger partial charge in [-0.2, -0.15) is 0 Å². The number of hydrogen-bond acceptors (Lipinski definition) is 5. The standard InChI is InChI=1S/C21H26ClN3O2.2ClH/c1-3-25(11-12-26)10-4-9-23-21-17-7-5-15(22)13-20(17)24-19-8-6-16(27-2)14-18(19)21;;/h5-8,13-14,26H,3-4,9-12H2,1-2H3,(H,23,24);2*1H. The molecule has 0 atom stereocenters. The zero-order valence-corrected chi connectivity index (χ0v) is 19.0. The number of ether oxygens (including phenoxy) is 1. The Hall–Kier alpha value is -1.50. The molecule has 5 nitrogen and oxygen atoms in total. The van der Waals surface area contributed by atoms with Gasteiger partial charge in [0.2, 0.25) is 0 Å². The Labute approximate surface area is 189 Å². The summed E-state index contributed by atoms with van der Waals surface area (Å²) in [5.41, 5.74) is 2.83. The quantitative estimate of drug-likeness (QED) is 0.347. The predicted molar refractivity (Wildman–Crippen MR) is 128 cm³/mol. The van der Waals surface area contributed by atoms with E-state index in [4.69, 9.17) is 26.4 Å². The lowest BCUT2D eigenvalue weighted by atomic mass is 10.1. The third kappa shape index (κ3) is 6.24. The number of aliphatic hydroxyl groups excluding tert-OH is 1. The highest BCUT2D eigenvalue weighted by Gasteiger charge is 2.11. The van der Waals surface area contributed by atoms with Crippen LogP contribution in [0.5, 0.6) is 5.75 Å². The molecule has 0 aliphatic heterocycles. The summed E-state index contributed by atoms with van der Waals surface area (Å²) >= 11 is 6.17. The van der Waals surface area contributed by atoms with Crippen molar-refractivity contribution < 1.29 is 9.84 Å². The number of pyridine rings is 1. The first-order valence-electron chi connectivity index (χ1n) is 9.30. The molecule has 0 saturated carbocycles. The van der Waals surface area contributed by atoms with Crippen LogP contribution in [0.2, 0.25) is 5.02 Å². The van der Waals surface area contributed by atoms with Crippen LogP contribution in [-0.2, 0) is 0 Å². The number of methoxy groups -OCH3 is 1. The van der Waals surface area contributed by atoms with Crippen LogP contribution in [0.3, 0.4) is 0 Å². The maximum absolute atomic E-state index is 9.12. The van der Waals surface area contributed by atoms with Gasteiger partial charge in [-0.3, -0.25) is 0 Å². The fourth-order valence-corrected chi connectivity index (χ4v) is 3.47. The molecule has 0 unspecified atom stereocenters. The first-order chi connectivity index (χ1) is 13.2. The van der Waals surface area contributed by atoms with E-state index in [2.05, 4.69) is 17.1 Å². The van der Waals surface area contributed by atoms with E-state index in [1.807, 2.05) is 36.4 Å². The lowest BCUT2D eigenvalue weighted by Crippen LogP contribution is -2.28. The van der Waals surface area contributed by atoms with Gasteiger partial charge in [0.25, 0.3) is 0 Å². The summed E-state index contributed by atoms with van der Waals surface area (Å²) in [6, 6.07) is 11.7. The smallest absolute Gasteiger partial charge is 0.119 e. The number of anilines is 1. The Morgan fingerprint density at radius 1 is 1.07 bits per heavy atom. The minimum Gasteiger partial charge on any atom is -0.497 e. The van der Waals surface area contributed by atoms with Gasteiger partial charge in [-0.1, -0.05) is 18.5 Å². The third-order valence-corrected chi connectivity index (χ3v) is 4.99. The van der Waals surface area contributed by atoms with E-state index in [-0.39, 0.29) is 31.4 Å². The summed E-state index contributed by atoms with van der Waals surface area (Å²) in [7, 11) is 1.67. The highest BCUT2D eigenvalue weighted by molar-refractivity contribution is 6.31. The minimum absolute atomic E-state index is 0. The van der Waals surface area contributed by atoms with Crippen molar-refractivity contribution in [2.75, 3.05) is 45.2 Å². The number of nitrogens with one attached hydrogen (secondary N) is 1. The summed E-state index contributed by atoms with van der Waals surface area (Å²) in [6.07, 6.45) is 0.983. The van der Waals surface area contributed by atoms with Gasteiger partial charge in [-0.25, -0.2) is 4.98 Å². The molecule has 2 N–H and O–H groups in total. The van der Waals surface area contributed by atoms with Crippen LogP contribution in [-0.4, -0.2) is 54.9 Å². The molecule has 0 aliphatic rings. The third-order valence-electron chi connectivity index (χ3n) is 4.76. The molecule has 1 aromatic heterocycles. The molecule has 29 heavy (non-hydrogen) atoms. The molecule has 0 fully saturated rings. The van der Waals surface area contributed by atoms with Crippen LogP contribution in [0.4, 0.5) is 5.69 Å². The van der Waals surface area contributed by atoms with Crippen LogP contribution < -0.4 is 10.1 Å². The monoisotopic (exact) mass is 459 g/mol. The number of benzene rings is 2. The second-order valence-corrected chi connectivity index (χ2v) is 6.91. The average molecular weight is 461 g/mol. The second kappa shape index (κ2) is 12.3. The van der Waals surface area contributed by atoms with E-state index in [9.17, 15) is 0 Å². The molecule has 0 amide bonds. The molecule has 8 heteroatoms. The highest BCUT2D eigenvalue weighted by atomic mass is 35.5. The van der Waals surface area contributed by atoms with Crippen molar-refractivity contribution in [3.8, 4) is 5.75 Å². The Morgan fingerprint density at radius 3 is 2.55 bits per heavy atom. The van der Waals surface area contributed by atoms with Gasteiger partial charge >= 0.3 is 0 Å².